The molecule has 7 nitrogen and oxygen atoms in total. The first-order chi connectivity index (χ1) is 7.20. The zero-order valence-corrected chi connectivity index (χ0v) is 7.66. The minimum absolute atomic E-state index is 0.156. The Balaban J connectivity index is 2.52. The molecule has 0 aliphatic rings. The molecule has 0 spiro atoms. The summed E-state index contributed by atoms with van der Waals surface area (Å²) in [4.78, 5) is 10.9. The van der Waals surface area contributed by atoms with Gasteiger partial charge in [0.25, 0.3) is 5.91 Å². The normalized spacial score (nSPS) is 10.1. The van der Waals surface area contributed by atoms with Crippen LogP contribution in [0.25, 0.3) is 5.82 Å². The molecule has 4 N–H and O–H groups in total. The largest absolute Gasteiger partial charge is 0.383 e. The van der Waals surface area contributed by atoms with E-state index in [1.165, 1.54) is 17.1 Å². The molecule has 0 atom stereocenters. The van der Waals surface area contributed by atoms with E-state index in [1.54, 1.807) is 12.1 Å². The molecular weight excluding hydrogens is 196 g/mol. The van der Waals surface area contributed by atoms with Crippen molar-refractivity contribution >= 4 is 11.7 Å². The van der Waals surface area contributed by atoms with Crippen molar-refractivity contribution in [2.75, 3.05) is 5.73 Å². The van der Waals surface area contributed by atoms with Crippen molar-refractivity contribution in [2.45, 2.75) is 0 Å². The average Bonchev–Trinajstić information content (AvgIpc) is 2.61. The Bertz CT molecular complexity index is 491. The molecule has 0 fully saturated rings. The summed E-state index contributed by atoms with van der Waals surface area (Å²) in [6, 6.07) is 3.36. The van der Waals surface area contributed by atoms with E-state index in [9.17, 15) is 4.79 Å². The van der Waals surface area contributed by atoms with Gasteiger partial charge in [0, 0.05) is 6.20 Å². The Morgan fingerprint density at radius 3 is 2.80 bits per heavy atom. The smallest absolute Gasteiger partial charge is 0.254 e. The van der Waals surface area contributed by atoms with Crippen molar-refractivity contribution in [1.82, 2.24) is 20.0 Å². The second kappa shape index (κ2) is 3.37. The first-order valence-electron chi connectivity index (χ1n) is 4.11. The fourth-order valence-corrected chi connectivity index (χ4v) is 1.14. The summed E-state index contributed by atoms with van der Waals surface area (Å²) in [6.45, 7) is 0. The average molecular weight is 204 g/mol. The Morgan fingerprint density at radius 1 is 1.47 bits per heavy atom. The second-order valence-corrected chi connectivity index (χ2v) is 2.80. The highest BCUT2D eigenvalue weighted by Gasteiger charge is 2.13. The van der Waals surface area contributed by atoms with E-state index in [0.29, 0.717) is 5.82 Å². The SMILES string of the molecule is NC(=O)c1cnn(-c2cccnn2)c1N. The molecule has 2 aromatic rings. The van der Waals surface area contributed by atoms with Crippen LogP contribution in [-0.4, -0.2) is 25.9 Å². The van der Waals surface area contributed by atoms with Crippen LogP contribution >= 0.6 is 0 Å². The topological polar surface area (TPSA) is 113 Å². The second-order valence-electron chi connectivity index (χ2n) is 2.80. The van der Waals surface area contributed by atoms with Crippen LogP contribution in [0, 0.1) is 0 Å². The molecular formula is C8H8N6O. The van der Waals surface area contributed by atoms with E-state index < -0.39 is 5.91 Å². The van der Waals surface area contributed by atoms with Crippen LogP contribution in [0.4, 0.5) is 5.82 Å². The third kappa shape index (κ3) is 1.50. The lowest BCUT2D eigenvalue weighted by molar-refractivity contribution is 0.100. The molecule has 0 saturated heterocycles. The monoisotopic (exact) mass is 204 g/mol. The van der Waals surface area contributed by atoms with Crippen LogP contribution in [0.5, 0.6) is 0 Å². The minimum Gasteiger partial charge on any atom is -0.383 e. The van der Waals surface area contributed by atoms with Crippen LogP contribution in [0.3, 0.4) is 0 Å². The summed E-state index contributed by atoms with van der Waals surface area (Å²) >= 11 is 0. The van der Waals surface area contributed by atoms with Crippen LogP contribution in [-0.2, 0) is 0 Å². The number of hydrogen-bond donors (Lipinski definition) is 2. The van der Waals surface area contributed by atoms with Gasteiger partial charge < -0.3 is 11.5 Å². The Hall–Kier alpha value is -2.44. The maximum absolute atomic E-state index is 10.9. The lowest BCUT2D eigenvalue weighted by Gasteiger charge is -2.01. The number of nitrogen functional groups attached to an aromatic ring is 1. The fraction of sp³-hybridized carbons (Fsp3) is 0. The van der Waals surface area contributed by atoms with Gasteiger partial charge in [-0.15, -0.1) is 5.10 Å². The molecule has 0 aromatic carbocycles. The van der Waals surface area contributed by atoms with E-state index in [2.05, 4.69) is 15.3 Å². The molecule has 0 aliphatic heterocycles. The molecule has 15 heavy (non-hydrogen) atoms. The number of nitrogens with two attached hydrogens (primary N) is 2. The number of carbonyl (C=O) groups excluding carboxylic acids is 1. The van der Waals surface area contributed by atoms with Gasteiger partial charge in [0.15, 0.2) is 5.82 Å². The molecule has 0 radical (unpaired) electrons. The summed E-state index contributed by atoms with van der Waals surface area (Å²) in [5.74, 6) is -0.0341. The van der Waals surface area contributed by atoms with E-state index in [-0.39, 0.29) is 11.4 Å². The number of primary amides is 1. The highest BCUT2D eigenvalue weighted by atomic mass is 16.1. The van der Waals surface area contributed by atoms with E-state index in [4.69, 9.17) is 11.5 Å². The quantitative estimate of drug-likeness (QED) is 0.674. The van der Waals surface area contributed by atoms with Gasteiger partial charge in [-0.2, -0.15) is 14.9 Å². The van der Waals surface area contributed by atoms with E-state index in [1.807, 2.05) is 0 Å². The summed E-state index contributed by atoms with van der Waals surface area (Å²) in [6.07, 6.45) is 2.82. The Kier molecular flexibility index (Phi) is 2.05. The first kappa shape index (κ1) is 9.13. The minimum atomic E-state index is -0.623. The molecule has 2 aromatic heterocycles. The molecule has 2 heterocycles. The molecule has 0 aliphatic carbocycles. The lowest BCUT2D eigenvalue weighted by Crippen LogP contribution is -2.13. The predicted molar refractivity (Wildman–Crippen MR) is 52.1 cm³/mol. The van der Waals surface area contributed by atoms with Crippen molar-refractivity contribution in [3.8, 4) is 5.82 Å². The van der Waals surface area contributed by atoms with Crippen molar-refractivity contribution < 1.29 is 4.79 Å². The zero-order valence-electron chi connectivity index (χ0n) is 7.66. The molecule has 7 heteroatoms. The highest BCUT2D eigenvalue weighted by molar-refractivity contribution is 5.97. The lowest BCUT2D eigenvalue weighted by atomic mass is 10.3. The van der Waals surface area contributed by atoms with Crippen LogP contribution in [0.2, 0.25) is 0 Å². The van der Waals surface area contributed by atoms with Crippen molar-refractivity contribution in [1.29, 1.82) is 0 Å². The number of aromatic nitrogens is 4. The summed E-state index contributed by atoms with van der Waals surface area (Å²) < 4.78 is 1.30. The first-order valence-corrected chi connectivity index (χ1v) is 4.11. The van der Waals surface area contributed by atoms with Crippen molar-refractivity contribution in [2.24, 2.45) is 5.73 Å². The van der Waals surface area contributed by atoms with Crippen LogP contribution in [0.15, 0.2) is 24.5 Å². The van der Waals surface area contributed by atoms with E-state index >= 15 is 0 Å². The van der Waals surface area contributed by atoms with Crippen molar-refractivity contribution in [3.05, 3.63) is 30.1 Å². The highest BCUT2D eigenvalue weighted by Crippen LogP contribution is 2.13. The van der Waals surface area contributed by atoms with Crippen LogP contribution < -0.4 is 11.5 Å². The van der Waals surface area contributed by atoms with Gasteiger partial charge in [0.05, 0.1) is 6.20 Å². The summed E-state index contributed by atoms with van der Waals surface area (Å²) in [5.41, 5.74) is 10.9. The molecule has 76 valence electrons. The van der Waals surface area contributed by atoms with Gasteiger partial charge in [0.2, 0.25) is 0 Å². The third-order valence-electron chi connectivity index (χ3n) is 1.85. The summed E-state index contributed by atoms with van der Waals surface area (Å²) in [7, 11) is 0. The summed E-state index contributed by atoms with van der Waals surface area (Å²) in [5, 5.41) is 11.4. The molecule has 0 unspecified atom stereocenters. The van der Waals surface area contributed by atoms with Gasteiger partial charge in [-0.25, -0.2) is 0 Å². The number of hydrogen-bond acceptors (Lipinski definition) is 5. The maximum atomic E-state index is 10.9. The van der Waals surface area contributed by atoms with Gasteiger partial charge >= 0.3 is 0 Å². The molecule has 0 bridgehead atoms. The Morgan fingerprint density at radius 2 is 2.27 bits per heavy atom. The molecule has 2 rings (SSSR count). The van der Waals surface area contributed by atoms with Gasteiger partial charge in [-0.1, -0.05) is 0 Å². The Labute approximate surface area is 84.7 Å². The number of amides is 1. The van der Waals surface area contributed by atoms with Gasteiger partial charge in [-0.05, 0) is 12.1 Å². The van der Waals surface area contributed by atoms with Crippen molar-refractivity contribution in [3.63, 3.8) is 0 Å². The number of anilines is 1. The predicted octanol–water partition coefficient (Wildman–Crippen LogP) is -0.657. The number of nitrogens with zero attached hydrogens (tertiary/aromatic N) is 4. The standard InChI is InChI=1S/C8H8N6O/c9-7-5(8(10)15)4-12-14(7)6-2-1-3-11-13-6/h1-4H,9H2,(H2,10,15). The van der Waals surface area contributed by atoms with Gasteiger partial charge in [-0.3, -0.25) is 4.79 Å². The zero-order chi connectivity index (χ0) is 10.8. The van der Waals surface area contributed by atoms with Gasteiger partial charge in [0.1, 0.15) is 11.4 Å². The number of rotatable bonds is 2. The number of carbonyl (C=O) groups is 1. The third-order valence-corrected chi connectivity index (χ3v) is 1.85. The van der Waals surface area contributed by atoms with E-state index in [0.717, 1.165) is 0 Å². The van der Waals surface area contributed by atoms with Crippen LogP contribution in [0.1, 0.15) is 10.4 Å². The fourth-order valence-electron chi connectivity index (χ4n) is 1.14. The molecule has 1 amide bonds. The maximum Gasteiger partial charge on any atom is 0.254 e. The molecule has 0 saturated carbocycles.